The van der Waals surface area contributed by atoms with E-state index < -0.39 is 10.1 Å². The van der Waals surface area contributed by atoms with Gasteiger partial charge in [-0.1, -0.05) is 23.5 Å². The van der Waals surface area contributed by atoms with E-state index in [0.717, 1.165) is 57.2 Å². The quantitative estimate of drug-likeness (QED) is 0.211. The van der Waals surface area contributed by atoms with E-state index in [1.54, 1.807) is 23.1 Å². The van der Waals surface area contributed by atoms with Crippen molar-refractivity contribution in [1.29, 1.82) is 0 Å². The predicted molar refractivity (Wildman–Crippen MR) is 170 cm³/mol. The minimum absolute atomic E-state index is 0.0897. The molecule has 1 aromatic heterocycles. The number of rotatable bonds is 9. The fraction of sp³-hybridized carbons (Fsp3) is 0.419. The van der Waals surface area contributed by atoms with E-state index in [9.17, 15) is 17.8 Å². The van der Waals surface area contributed by atoms with Crippen molar-refractivity contribution in [1.82, 2.24) is 9.80 Å². The number of piperidine rings is 1. The zero-order valence-corrected chi connectivity index (χ0v) is 27.0. The average Bonchev–Trinajstić information content (AvgIpc) is 3.41. The Bertz CT molecular complexity index is 1680. The molecule has 42 heavy (non-hydrogen) atoms. The average molecular weight is 629 g/mol. The standard InChI is InChI=1S/C31H38N4O4S3/c1-21-8-10-27-24(17-21)34(14-6-16-42(37,38)39)29(40-27)19-23(3)20-30-35(26-18-22(2)9-11-28(26)41-30)15-5-4-7-25(35)31(36)33-13-12-32/h8-11,17-20,25H,4-7,12-16,32H2,1-3H3/p+2. The number of amides is 1. The summed E-state index contributed by atoms with van der Waals surface area (Å²) in [5.74, 6) is -0.298. The van der Waals surface area contributed by atoms with E-state index in [-0.39, 0.29) is 24.1 Å². The van der Waals surface area contributed by atoms with Gasteiger partial charge in [-0.05, 0) is 74.2 Å². The molecule has 2 aliphatic heterocycles. The molecule has 1 saturated heterocycles. The van der Waals surface area contributed by atoms with E-state index in [1.807, 2.05) is 6.92 Å². The van der Waals surface area contributed by atoms with Gasteiger partial charge in [0.15, 0.2) is 23.3 Å². The summed E-state index contributed by atoms with van der Waals surface area (Å²) in [7, 11) is -4.28. The largest absolute Gasteiger partial charge is 0.748 e. The van der Waals surface area contributed by atoms with Crippen molar-refractivity contribution in [3.8, 4) is 0 Å². The number of thioether (sulfide) groups is 1. The molecule has 0 aliphatic carbocycles. The van der Waals surface area contributed by atoms with Gasteiger partial charge in [-0.25, -0.2) is 12.9 Å². The van der Waals surface area contributed by atoms with Crippen LogP contribution in [0.1, 0.15) is 48.7 Å². The van der Waals surface area contributed by atoms with Gasteiger partial charge < -0.3 is 15.6 Å². The molecular formula is C31H40N4O4S3+2. The van der Waals surface area contributed by atoms with E-state index in [0.29, 0.717) is 24.1 Å². The van der Waals surface area contributed by atoms with Crippen LogP contribution < -0.4 is 20.1 Å². The Morgan fingerprint density at radius 1 is 1.19 bits per heavy atom. The van der Waals surface area contributed by atoms with E-state index in [4.69, 9.17) is 0 Å². The number of allylic oxidation sites excluding steroid dienone is 2. The Labute approximate surface area is 256 Å². The maximum absolute atomic E-state index is 13.6. The number of carbonyl (C=O) groups is 1. The lowest BCUT2D eigenvalue weighted by molar-refractivity contribution is -0.668. The van der Waals surface area contributed by atoms with Crippen LogP contribution in [0.15, 0.2) is 58.0 Å². The molecule has 224 valence electrons. The summed E-state index contributed by atoms with van der Waals surface area (Å²) in [6.45, 7) is 8.77. The first-order chi connectivity index (χ1) is 20.0. The van der Waals surface area contributed by atoms with Gasteiger partial charge in [0.05, 0.1) is 34.6 Å². The minimum Gasteiger partial charge on any atom is -0.748 e. The molecule has 0 radical (unpaired) electrons. The third-order valence-electron chi connectivity index (χ3n) is 8.07. The molecular weight excluding hydrogens is 589 g/mol. The topological polar surface area (TPSA) is 118 Å². The molecule has 2 unspecified atom stereocenters. The highest BCUT2D eigenvalue weighted by Crippen LogP contribution is 2.55. The molecule has 2 atom stereocenters. The molecule has 2 aliphatic rings. The first-order valence-electron chi connectivity index (χ1n) is 14.5. The summed E-state index contributed by atoms with van der Waals surface area (Å²) in [5.41, 5.74) is 9.50. The molecule has 4 N–H and O–H groups in total. The maximum atomic E-state index is 13.6. The third-order valence-corrected chi connectivity index (χ3v) is 11.2. The van der Waals surface area contributed by atoms with Gasteiger partial charge in [-0.2, -0.15) is 4.57 Å². The Hall–Kier alpha value is -2.54. The lowest BCUT2D eigenvalue weighted by Gasteiger charge is -2.43. The molecule has 5 rings (SSSR count). The fourth-order valence-electron chi connectivity index (χ4n) is 6.15. The second-order valence-corrected chi connectivity index (χ2v) is 15.0. The Kier molecular flexibility index (Phi) is 9.27. The van der Waals surface area contributed by atoms with Crippen LogP contribution in [0.4, 0.5) is 5.69 Å². The number of fused-ring (bicyclic) bond motifs is 3. The fourth-order valence-corrected chi connectivity index (χ4v) is 9.23. The summed E-state index contributed by atoms with van der Waals surface area (Å²) in [6, 6.07) is 12.6. The van der Waals surface area contributed by atoms with Crippen LogP contribution in [0.25, 0.3) is 16.3 Å². The number of hydrogen-bond donors (Lipinski definition) is 2. The van der Waals surface area contributed by atoms with Crippen LogP contribution >= 0.6 is 23.1 Å². The van der Waals surface area contributed by atoms with Gasteiger partial charge in [-0.3, -0.25) is 4.79 Å². The lowest BCUT2D eigenvalue weighted by atomic mass is 9.95. The van der Waals surface area contributed by atoms with Crippen LogP contribution in [-0.4, -0.2) is 50.3 Å². The van der Waals surface area contributed by atoms with Gasteiger partial charge in [0.1, 0.15) is 4.70 Å². The summed E-state index contributed by atoms with van der Waals surface area (Å²) in [6.07, 6.45) is 7.53. The van der Waals surface area contributed by atoms with Gasteiger partial charge in [-0.15, -0.1) is 0 Å². The van der Waals surface area contributed by atoms with E-state index in [1.165, 1.54) is 16.1 Å². The maximum Gasteiger partial charge on any atom is 0.279 e. The van der Waals surface area contributed by atoms with E-state index in [2.05, 4.69) is 78.0 Å². The smallest absolute Gasteiger partial charge is 0.279 e. The molecule has 8 nitrogen and oxygen atoms in total. The highest BCUT2D eigenvalue weighted by atomic mass is 32.2. The van der Waals surface area contributed by atoms with Crippen molar-refractivity contribution < 1.29 is 28.1 Å². The molecule has 1 amide bonds. The predicted octanol–water partition coefficient (Wildman–Crippen LogP) is 4.01. The van der Waals surface area contributed by atoms with Crippen LogP contribution in [0.3, 0.4) is 0 Å². The van der Waals surface area contributed by atoms with Crippen molar-refractivity contribution >= 4 is 61.1 Å². The van der Waals surface area contributed by atoms with Gasteiger partial charge >= 0.3 is 0 Å². The summed E-state index contributed by atoms with van der Waals surface area (Å²) in [5, 5.41) is 5.29. The van der Waals surface area contributed by atoms with Crippen molar-refractivity contribution in [2.24, 2.45) is 0 Å². The summed E-state index contributed by atoms with van der Waals surface area (Å²) < 4.78 is 37.7. The number of benzene rings is 2. The number of nitrogens with one attached hydrogen (secondary N) is 1. The van der Waals surface area contributed by atoms with Crippen molar-refractivity contribution in [2.45, 2.75) is 63.9 Å². The molecule has 2 aromatic carbocycles. The molecule has 1 spiro atoms. The van der Waals surface area contributed by atoms with Crippen LogP contribution in [-0.2, 0) is 21.5 Å². The van der Waals surface area contributed by atoms with Crippen molar-refractivity contribution in [3.63, 3.8) is 0 Å². The zero-order valence-electron chi connectivity index (χ0n) is 24.5. The SMILES string of the molecule is CC(=Cc1sc2ccc(C)cc2[n+]1CCCS(=O)(=O)[O-])C=C1Sc2ccc(C)cc2[N+]12CCCCC2C(=O)NCC[NH3+]. The van der Waals surface area contributed by atoms with E-state index >= 15 is 0 Å². The number of carbonyl (C=O) groups excluding carboxylic acids is 1. The first-order valence-corrected chi connectivity index (χ1v) is 17.7. The molecule has 3 aromatic rings. The van der Waals surface area contributed by atoms with Crippen LogP contribution in [0.2, 0.25) is 0 Å². The molecule has 0 bridgehead atoms. The van der Waals surface area contributed by atoms with Crippen molar-refractivity contribution in [3.05, 3.63) is 69.2 Å². The third kappa shape index (κ3) is 6.36. The van der Waals surface area contributed by atoms with Crippen molar-refractivity contribution in [2.75, 3.05) is 25.4 Å². The first kappa shape index (κ1) is 30.9. The van der Waals surface area contributed by atoms with Gasteiger partial charge in [0, 0.05) is 42.9 Å². The zero-order chi connectivity index (χ0) is 30.1. The van der Waals surface area contributed by atoms with Gasteiger partial charge in [0.2, 0.25) is 5.52 Å². The number of aryl methyl sites for hydroxylation is 3. The Morgan fingerprint density at radius 2 is 1.95 bits per heavy atom. The highest BCUT2D eigenvalue weighted by molar-refractivity contribution is 8.03. The Balaban J connectivity index is 1.58. The molecule has 3 heterocycles. The summed E-state index contributed by atoms with van der Waals surface area (Å²) >= 11 is 3.41. The molecule has 1 fully saturated rings. The van der Waals surface area contributed by atoms with Gasteiger partial charge in [0.25, 0.3) is 10.9 Å². The summed E-state index contributed by atoms with van der Waals surface area (Å²) in [4.78, 5) is 14.8. The number of aromatic nitrogens is 1. The number of hydrogen-bond acceptors (Lipinski definition) is 6. The second-order valence-electron chi connectivity index (χ2n) is 11.4. The molecule has 11 heteroatoms. The normalized spacial score (nSPS) is 21.8. The lowest BCUT2D eigenvalue weighted by Crippen LogP contribution is -2.63. The minimum atomic E-state index is -4.28. The second kappa shape index (κ2) is 12.6. The number of thiazole rings is 1. The van der Waals surface area contributed by atoms with Crippen LogP contribution in [0, 0.1) is 13.8 Å². The van der Waals surface area contributed by atoms with Crippen LogP contribution in [0.5, 0.6) is 0 Å². The molecule has 0 saturated carbocycles. The monoisotopic (exact) mass is 628 g/mol. The number of nitrogens with zero attached hydrogens (tertiary/aromatic N) is 2. The highest BCUT2D eigenvalue weighted by Gasteiger charge is 2.54. The Morgan fingerprint density at radius 3 is 2.71 bits per heavy atom. The number of quaternary nitrogens is 2.